The number of nitrogens with one attached hydrogen (secondary N) is 2. The second-order valence-corrected chi connectivity index (χ2v) is 2.94. The molecule has 0 radical (unpaired) electrons. The minimum atomic E-state index is -0.231. The average molecular weight is 202 g/mol. The van der Waals surface area contributed by atoms with Crippen molar-refractivity contribution in [2.75, 3.05) is 0 Å². The summed E-state index contributed by atoms with van der Waals surface area (Å²) in [5.41, 5.74) is 0.817. The van der Waals surface area contributed by atoms with Crippen LogP contribution < -0.4 is 5.32 Å². The predicted molar refractivity (Wildman–Crippen MR) is 54.0 cm³/mol. The molecule has 0 fully saturated rings. The SMILES string of the molecule is O=C(NCc1ccccn1)c1ncc[nH]1. The van der Waals surface area contributed by atoms with Gasteiger partial charge in [-0.05, 0) is 12.1 Å². The van der Waals surface area contributed by atoms with Crippen LogP contribution in [0.25, 0.3) is 0 Å². The van der Waals surface area contributed by atoms with E-state index in [0.29, 0.717) is 12.4 Å². The van der Waals surface area contributed by atoms with Gasteiger partial charge in [-0.2, -0.15) is 0 Å². The Labute approximate surface area is 86.6 Å². The highest BCUT2D eigenvalue weighted by Gasteiger charge is 2.06. The van der Waals surface area contributed by atoms with Crippen molar-refractivity contribution in [3.63, 3.8) is 0 Å². The number of carbonyl (C=O) groups is 1. The number of hydrogen-bond acceptors (Lipinski definition) is 3. The van der Waals surface area contributed by atoms with Gasteiger partial charge < -0.3 is 10.3 Å². The first-order chi connectivity index (χ1) is 7.36. The summed E-state index contributed by atoms with van der Waals surface area (Å²) >= 11 is 0. The summed E-state index contributed by atoms with van der Waals surface area (Å²) in [5.74, 6) is 0.0802. The van der Waals surface area contributed by atoms with Gasteiger partial charge in [0.25, 0.3) is 5.91 Å². The largest absolute Gasteiger partial charge is 0.344 e. The molecule has 0 saturated carbocycles. The number of rotatable bonds is 3. The van der Waals surface area contributed by atoms with E-state index in [9.17, 15) is 4.79 Å². The lowest BCUT2D eigenvalue weighted by molar-refractivity contribution is 0.0941. The average Bonchev–Trinajstić information content (AvgIpc) is 2.81. The fourth-order valence-corrected chi connectivity index (χ4v) is 1.15. The molecule has 2 N–H and O–H groups in total. The highest BCUT2D eigenvalue weighted by molar-refractivity contribution is 5.90. The maximum Gasteiger partial charge on any atom is 0.287 e. The maximum absolute atomic E-state index is 11.4. The molecular formula is C10H10N4O. The predicted octanol–water partition coefficient (Wildman–Crippen LogP) is 0.735. The van der Waals surface area contributed by atoms with E-state index in [2.05, 4.69) is 20.3 Å². The van der Waals surface area contributed by atoms with Crippen molar-refractivity contribution in [3.8, 4) is 0 Å². The second-order valence-electron chi connectivity index (χ2n) is 2.94. The van der Waals surface area contributed by atoms with Crippen LogP contribution in [0.1, 0.15) is 16.3 Å². The standard InChI is InChI=1S/C10H10N4O/c15-10(9-12-5-6-13-9)14-7-8-3-1-2-4-11-8/h1-6H,7H2,(H,12,13)(H,14,15). The fourth-order valence-electron chi connectivity index (χ4n) is 1.15. The third-order valence-corrected chi connectivity index (χ3v) is 1.87. The van der Waals surface area contributed by atoms with Crippen molar-refractivity contribution < 1.29 is 4.79 Å². The first-order valence-electron chi connectivity index (χ1n) is 4.54. The highest BCUT2D eigenvalue weighted by atomic mass is 16.2. The summed E-state index contributed by atoms with van der Waals surface area (Å²) in [4.78, 5) is 22.1. The van der Waals surface area contributed by atoms with Gasteiger partial charge in [0.15, 0.2) is 5.82 Å². The molecule has 0 unspecified atom stereocenters. The Kier molecular flexibility index (Phi) is 2.73. The zero-order valence-electron chi connectivity index (χ0n) is 7.97. The van der Waals surface area contributed by atoms with Crippen LogP contribution in [0.4, 0.5) is 0 Å². The van der Waals surface area contributed by atoms with Crippen molar-refractivity contribution in [2.45, 2.75) is 6.54 Å². The van der Waals surface area contributed by atoms with Crippen LogP contribution in [-0.4, -0.2) is 20.9 Å². The fraction of sp³-hybridized carbons (Fsp3) is 0.100. The van der Waals surface area contributed by atoms with Gasteiger partial charge in [0.1, 0.15) is 0 Å². The third kappa shape index (κ3) is 2.40. The summed E-state index contributed by atoms with van der Waals surface area (Å²) in [7, 11) is 0. The number of hydrogen-bond donors (Lipinski definition) is 2. The lowest BCUT2D eigenvalue weighted by Gasteiger charge is -2.01. The molecule has 2 aromatic heterocycles. The molecule has 2 rings (SSSR count). The number of H-pyrrole nitrogens is 1. The molecule has 0 aliphatic carbocycles. The molecule has 0 saturated heterocycles. The molecule has 0 bridgehead atoms. The van der Waals surface area contributed by atoms with E-state index < -0.39 is 0 Å². The number of aromatic amines is 1. The number of aromatic nitrogens is 3. The van der Waals surface area contributed by atoms with Gasteiger partial charge >= 0.3 is 0 Å². The molecule has 0 aliphatic heterocycles. The van der Waals surface area contributed by atoms with Gasteiger partial charge in [-0.25, -0.2) is 4.98 Å². The van der Waals surface area contributed by atoms with Gasteiger partial charge in [0, 0.05) is 18.6 Å². The van der Waals surface area contributed by atoms with Crippen LogP contribution in [0, 0.1) is 0 Å². The number of pyridine rings is 1. The smallest absolute Gasteiger partial charge is 0.287 e. The van der Waals surface area contributed by atoms with Gasteiger partial charge in [-0.15, -0.1) is 0 Å². The molecule has 5 heteroatoms. The van der Waals surface area contributed by atoms with Crippen molar-refractivity contribution in [1.82, 2.24) is 20.3 Å². The van der Waals surface area contributed by atoms with E-state index in [0.717, 1.165) is 5.69 Å². The molecule has 0 aromatic carbocycles. The lowest BCUT2D eigenvalue weighted by atomic mass is 10.3. The summed E-state index contributed by atoms with van der Waals surface area (Å²) in [6.07, 6.45) is 4.83. The Morgan fingerprint density at radius 2 is 2.27 bits per heavy atom. The van der Waals surface area contributed by atoms with Gasteiger partial charge in [0.2, 0.25) is 0 Å². The molecule has 2 aromatic rings. The van der Waals surface area contributed by atoms with Crippen LogP contribution in [0.2, 0.25) is 0 Å². The molecule has 0 aliphatic rings. The third-order valence-electron chi connectivity index (χ3n) is 1.87. The Morgan fingerprint density at radius 3 is 2.93 bits per heavy atom. The molecule has 0 spiro atoms. The molecule has 15 heavy (non-hydrogen) atoms. The maximum atomic E-state index is 11.4. The van der Waals surface area contributed by atoms with E-state index in [-0.39, 0.29) is 5.91 Å². The van der Waals surface area contributed by atoms with Gasteiger partial charge in [-0.3, -0.25) is 9.78 Å². The topological polar surface area (TPSA) is 70.7 Å². The zero-order valence-corrected chi connectivity index (χ0v) is 7.97. The van der Waals surface area contributed by atoms with Crippen LogP contribution in [0.3, 0.4) is 0 Å². The summed E-state index contributed by atoms with van der Waals surface area (Å²) in [5, 5.41) is 2.71. The van der Waals surface area contributed by atoms with Gasteiger partial charge in [0.05, 0.1) is 12.2 Å². The molecule has 2 heterocycles. The van der Waals surface area contributed by atoms with E-state index in [1.54, 1.807) is 12.4 Å². The highest BCUT2D eigenvalue weighted by Crippen LogP contribution is 1.94. The van der Waals surface area contributed by atoms with Crippen molar-refractivity contribution in [3.05, 3.63) is 48.3 Å². The van der Waals surface area contributed by atoms with Crippen LogP contribution in [0.5, 0.6) is 0 Å². The van der Waals surface area contributed by atoms with E-state index in [4.69, 9.17) is 0 Å². The second kappa shape index (κ2) is 4.36. The summed E-state index contributed by atoms with van der Waals surface area (Å²) in [6, 6.07) is 5.56. The monoisotopic (exact) mass is 202 g/mol. The Morgan fingerprint density at radius 1 is 1.33 bits per heavy atom. The van der Waals surface area contributed by atoms with Crippen molar-refractivity contribution >= 4 is 5.91 Å². The molecule has 0 atom stereocenters. The summed E-state index contributed by atoms with van der Waals surface area (Å²) in [6.45, 7) is 0.403. The Balaban J connectivity index is 1.92. The minimum Gasteiger partial charge on any atom is -0.344 e. The molecular weight excluding hydrogens is 192 g/mol. The van der Waals surface area contributed by atoms with Crippen LogP contribution in [-0.2, 0) is 6.54 Å². The number of imidazole rings is 1. The Hall–Kier alpha value is -2.17. The van der Waals surface area contributed by atoms with E-state index in [1.165, 1.54) is 6.20 Å². The minimum absolute atomic E-state index is 0.231. The first kappa shape index (κ1) is 9.39. The van der Waals surface area contributed by atoms with Crippen molar-refractivity contribution in [2.24, 2.45) is 0 Å². The van der Waals surface area contributed by atoms with E-state index >= 15 is 0 Å². The number of nitrogens with zero attached hydrogens (tertiary/aromatic N) is 2. The lowest BCUT2D eigenvalue weighted by Crippen LogP contribution is -2.24. The van der Waals surface area contributed by atoms with Gasteiger partial charge in [-0.1, -0.05) is 6.07 Å². The van der Waals surface area contributed by atoms with Crippen molar-refractivity contribution in [1.29, 1.82) is 0 Å². The Bertz CT molecular complexity index is 424. The molecule has 76 valence electrons. The van der Waals surface area contributed by atoms with E-state index in [1.807, 2.05) is 18.2 Å². The van der Waals surface area contributed by atoms with Crippen LogP contribution >= 0.6 is 0 Å². The number of amides is 1. The van der Waals surface area contributed by atoms with Crippen LogP contribution in [0.15, 0.2) is 36.8 Å². The first-order valence-corrected chi connectivity index (χ1v) is 4.54. The molecule has 5 nitrogen and oxygen atoms in total. The quantitative estimate of drug-likeness (QED) is 0.771. The normalized spacial score (nSPS) is 9.87. The summed E-state index contributed by atoms with van der Waals surface area (Å²) < 4.78 is 0. The number of carbonyl (C=O) groups excluding carboxylic acids is 1. The molecule has 1 amide bonds. The zero-order chi connectivity index (χ0) is 10.5.